The number of alkyl halides is 1. The molecule has 1 nitrogen and oxygen atoms in total. The van der Waals surface area contributed by atoms with Crippen LogP contribution in [0, 0.1) is 5.92 Å². The van der Waals surface area contributed by atoms with Gasteiger partial charge < -0.3 is 4.43 Å². The summed E-state index contributed by atoms with van der Waals surface area (Å²) in [5.41, 5.74) is 0. The topological polar surface area (TPSA) is 9.23 Å². The molecule has 0 unspecified atom stereocenters. The van der Waals surface area contributed by atoms with Crippen molar-refractivity contribution in [3.63, 3.8) is 0 Å². The molecule has 0 N–H and O–H groups in total. The van der Waals surface area contributed by atoms with Gasteiger partial charge in [0.25, 0.3) is 8.32 Å². The largest absolute Gasteiger partial charge is 0.407 e. The van der Waals surface area contributed by atoms with Gasteiger partial charge in [-0.1, -0.05) is 117 Å². The second kappa shape index (κ2) is 10.0. The van der Waals surface area contributed by atoms with Crippen molar-refractivity contribution in [3.05, 3.63) is 60.7 Å². The van der Waals surface area contributed by atoms with E-state index in [0.29, 0.717) is 5.92 Å². The molecule has 2 aromatic carbocycles. The number of rotatable bonds is 9. The van der Waals surface area contributed by atoms with Crippen LogP contribution in [0.1, 0.15) is 47.0 Å². The third-order valence-electron chi connectivity index (χ3n) is 5.28. The Morgan fingerprint density at radius 3 is 1.81 bits per heavy atom. The summed E-state index contributed by atoms with van der Waals surface area (Å²) in [6, 6.07) is 21.9. The van der Waals surface area contributed by atoms with E-state index in [1.165, 1.54) is 34.1 Å². The fourth-order valence-corrected chi connectivity index (χ4v) is 8.86. The van der Waals surface area contributed by atoms with Crippen LogP contribution in [-0.2, 0) is 4.43 Å². The molecular formula is C23H33IOSi. The highest BCUT2D eigenvalue weighted by Gasteiger charge is 2.50. The molecule has 0 aliphatic carbocycles. The lowest BCUT2D eigenvalue weighted by atomic mass is 10.0. The maximum absolute atomic E-state index is 7.05. The molecule has 0 aliphatic heterocycles. The van der Waals surface area contributed by atoms with Crippen LogP contribution >= 0.6 is 22.6 Å². The number of hydrogen-bond donors (Lipinski definition) is 0. The average Bonchev–Trinajstić information content (AvgIpc) is 2.65. The Balaban J connectivity index is 2.47. The first-order chi connectivity index (χ1) is 12.5. The predicted molar refractivity (Wildman–Crippen MR) is 125 cm³/mol. The van der Waals surface area contributed by atoms with Gasteiger partial charge in [0, 0.05) is 6.61 Å². The maximum Gasteiger partial charge on any atom is 0.261 e. The highest BCUT2D eigenvalue weighted by molar-refractivity contribution is 14.1. The normalized spacial score (nSPS) is 13.6. The van der Waals surface area contributed by atoms with Crippen molar-refractivity contribution in [2.45, 2.75) is 52.0 Å². The van der Waals surface area contributed by atoms with Crippen molar-refractivity contribution >= 4 is 41.3 Å². The Morgan fingerprint density at radius 1 is 0.923 bits per heavy atom. The van der Waals surface area contributed by atoms with Crippen LogP contribution in [0.3, 0.4) is 0 Å². The Labute approximate surface area is 174 Å². The number of benzene rings is 2. The van der Waals surface area contributed by atoms with Gasteiger partial charge in [0.1, 0.15) is 0 Å². The van der Waals surface area contributed by atoms with Crippen LogP contribution in [0.25, 0.3) is 0 Å². The maximum atomic E-state index is 7.05. The zero-order chi connectivity index (χ0) is 19.0. The smallest absolute Gasteiger partial charge is 0.261 e. The van der Waals surface area contributed by atoms with Crippen molar-refractivity contribution in [2.24, 2.45) is 5.92 Å². The van der Waals surface area contributed by atoms with Gasteiger partial charge in [0.05, 0.1) is 0 Å². The van der Waals surface area contributed by atoms with E-state index in [-0.39, 0.29) is 5.04 Å². The van der Waals surface area contributed by atoms with Crippen LogP contribution in [0.15, 0.2) is 60.7 Å². The van der Waals surface area contributed by atoms with Gasteiger partial charge in [-0.25, -0.2) is 0 Å². The Kier molecular flexibility index (Phi) is 8.36. The van der Waals surface area contributed by atoms with Gasteiger partial charge in [0.15, 0.2) is 0 Å². The van der Waals surface area contributed by atoms with Crippen molar-refractivity contribution in [2.75, 3.05) is 11.0 Å². The second-order valence-corrected chi connectivity index (χ2v) is 13.5. The predicted octanol–water partition coefficient (Wildman–Crippen LogP) is 5.80. The molecule has 0 aliphatic rings. The summed E-state index contributed by atoms with van der Waals surface area (Å²) in [4.78, 5) is 0. The molecule has 0 amide bonds. The molecule has 0 aromatic heterocycles. The van der Waals surface area contributed by atoms with E-state index in [1.807, 2.05) is 0 Å². The lowest BCUT2D eigenvalue weighted by molar-refractivity contribution is 0.223. The van der Waals surface area contributed by atoms with Crippen molar-refractivity contribution in [1.29, 1.82) is 0 Å². The fraction of sp³-hybridized carbons (Fsp3) is 0.478. The number of hydrogen-bond acceptors (Lipinski definition) is 1. The Morgan fingerprint density at radius 2 is 1.42 bits per heavy atom. The van der Waals surface area contributed by atoms with Gasteiger partial charge in [-0.3, -0.25) is 0 Å². The Bertz CT molecular complexity index is 597. The van der Waals surface area contributed by atoms with E-state index < -0.39 is 8.32 Å². The first-order valence-electron chi connectivity index (χ1n) is 9.76. The lowest BCUT2D eigenvalue weighted by Crippen LogP contribution is -2.66. The van der Waals surface area contributed by atoms with Crippen LogP contribution in [0.2, 0.25) is 5.04 Å². The molecule has 2 aromatic rings. The van der Waals surface area contributed by atoms with Crippen LogP contribution in [-0.4, -0.2) is 19.4 Å². The molecule has 0 saturated carbocycles. The van der Waals surface area contributed by atoms with Crippen LogP contribution in [0.4, 0.5) is 0 Å². The third-order valence-corrected chi connectivity index (χ3v) is 11.0. The molecule has 0 radical (unpaired) electrons. The average molecular weight is 481 g/mol. The molecule has 142 valence electrons. The first-order valence-corrected chi connectivity index (χ1v) is 13.2. The highest BCUT2D eigenvalue weighted by Crippen LogP contribution is 2.37. The second-order valence-electron chi connectivity index (χ2n) is 8.08. The quantitative estimate of drug-likeness (QED) is 0.250. The summed E-state index contributed by atoms with van der Waals surface area (Å²) in [5.74, 6) is 0.645. The molecule has 3 heteroatoms. The fourth-order valence-electron chi connectivity index (χ4n) is 3.78. The van der Waals surface area contributed by atoms with E-state index in [0.717, 1.165) is 6.61 Å². The first kappa shape index (κ1) is 21.6. The molecule has 26 heavy (non-hydrogen) atoms. The summed E-state index contributed by atoms with van der Waals surface area (Å²) in [6.07, 6.45) is 3.73. The zero-order valence-corrected chi connectivity index (χ0v) is 19.8. The van der Waals surface area contributed by atoms with Crippen LogP contribution in [0.5, 0.6) is 0 Å². The van der Waals surface area contributed by atoms with Gasteiger partial charge >= 0.3 is 0 Å². The molecule has 0 bridgehead atoms. The van der Waals surface area contributed by atoms with Gasteiger partial charge in [-0.2, -0.15) is 0 Å². The molecule has 0 fully saturated rings. The summed E-state index contributed by atoms with van der Waals surface area (Å²) < 4.78 is 8.28. The monoisotopic (exact) mass is 480 g/mol. The molecular weight excluding hydrogens is 447 g/mol. The lowest BCUT2D eigenvalue weighted by Gasteiger charge is -2.43. The zero-order valence-electron chi connectivity index (χ0n) is 16.7. The van der Waals surface area contributed by atoms with Crippen molar-refractivity contribution in [1.82, 2.24) is 0 Å². The third kappa shape index (κ3) is 4.99. The standard InChI is InChI=1S/C23H33IOSi/c1-5-20(13-12-18-24)19-25-26(23(2,3)4,21-14-8-6-9-15-21)22-16-10-7-11-17-22/h6-11,14-17,20H,5,12-13,18-19H2,1-4H3/t20-/m1/s1. The van der Waals surface area contributed by atoms with Crippen LogP contribution < -0.4 is 10.4 Å². The molecule has 2 rings (SSSR count). The van der Waals surface area contributed by atoms with Crippen molar-refractivity contribution < 1.29 is 4.43 Å². The highest BCUT2D eigenvalue weighted by atomic mass is 127. The number of halogens is 1. The van der Waals surface area contributed by atoms with E-state index in [1.54, 1.807) is 0 Å². The molecule has 0 heterocycles. The summed E-state index contributed by atoms with van der Waals surface area (Å²) in [7, 11) is -2.37. The summed E-state index contributed by atoms with van der Waals surface area (Å²) in [6.45, 7) is 10.2. The minimum atomic E-state index is -2.37. The molecule has 0 spiro atoms. The van der Waals surface area contributed by atoms with E-state index in [9.17, 15) is 0 Å². The summed E-state index contributed by atoms with van der Waals surface area (Å²) in [5, 5.41) is 2.82. The molecule has 0 saturated heterocycles. The van der Waals surface area contributed by atoms with Crippen molar-refractivity contribution in [3.8, 4) is 0 Å². The minimum Gasteiger partial charge on any atom is -0.407 e. The van der Waals surface area contributed by atoms with Gasteiger partial charge in [-0.15, -0.1) is 0 Å². The van der Waals surface area contributed by atoms with Gasteiger partial charge in [-0.05, 0) is 38.6 Å². The minimum absolute atomic E-state index is 0.0667. The van der Waals surface area contributed by atoms with Gasteiger partial charge in [0.2, 0.25) is 0 Å². The van der Waals surface area contributed by atoms with E-state index >= 15 is 0 Å². The Hall–Kier alpha value is -0.653. The van der Waals surface area contributed by atoms with E-state index in [4.69, 9.17) is 4.43 Å². The molecule has 1 atom stereocenters. The SMILES string of the molecule is CC[C@H](CCCI)CO[Si](c1ccccc1)(c1ccccc1)C(C)(C)C. The summed E-state index contributed by atoms with van der Waals surface area (Å²) >= 11 is 2.48. The van der Waals surface area contributed by atoms with E-state index in [2.05, 4.69) is 111 Å².